The fourth-order valence-corrected chi connectivity index (χ4v) is 2.16. The SMILES string of the molecule is CCc1nn(C)cc1CNc1ccc(C)cc1OC. The van der Waals surface area contributed by atoms with Gasteiger partial charge in [0.05, 0.1) is 18.5 Å². The molecule has 0 aliphatic heterocycles. The van der Waals surface area contributed by atoms with Crippen LogP contribution in [-0.4, -0.2) is 16.9 Å². The molecule has 0 unspecified atom stereocenters. The van der Waals surface area contributed by atoms with Crippen molar-refractivity contribution < 1.29 is 4.74 Å². The van der Waals surface area contributed by atoms with Crippen molar-refractivity contribution in [3.05, 3.63) is 41.2 Å². The summed E-state index contributed by atoms with van der Waals surface area (Å²) in [6, 6.07) is 6.16. The molecule has 4 heteroatoms. The average molecular weight is 259 g/mol. The highest BCUT2D eigenvalue weighted by atomic mass is 16.5. The summed E-state index contributed by atoms with van der Waals surface area (Å²) in [6.07, 6.45) is 3.01. The lowest BCUT2D eigenvalue weighted by molar-refractivity contribution is 0.416. The summed E-state index contributed by atoms with van der Waals surface area (Å²) < 4.78 is 7.26. The number of methoxy groups -OCH3 is 1. The van der Waals surface area contributed by atoms with Gasteiger partial charge in [0, 0.05) is 25.4 Å². The van der Waals surface area contributed by atoms with E-state index in [2.05, 4.69) is 42.6 Å². The first-order chi connectivity index (χ1) is 9.13. The normalized spacial score (nSPS) is 10.5. The van der Waals surface area contributed by atoms with Crippen molar-refractivity contribution in [3.63, 3.8) is 0 Å². The van der Waals surface area contributed by atoms with E-state index >= 15 is 0 Å². The van der Waals surface area contributed by atoms with Crippen LogP contribution in [0.1, 0.15) is 23.7 Å². The summed E-state index contributed by atoms with van der Waals surface area (Å²) in [4.78, 5) is 0. The number of ether oxygens (including phenoxy) is 1. The molecule has 1 aromatic carbocycles. The fourth-order valence-electron chi connectivity index (χ4n) is 2.16. The molecule has 2 rings (SSSR count). The molecule has 4 nitrogen and oxygen atoms in total. The predicted molar refractivity (Wildman–Crippen MR) is 77.6 cm³/mol. The topological polar surface area (TPSA) is 39.1 Å². The van der Waals surface area contributed by atoms with Crippen LogP contribution in [0.2, 0.25) is 0 Å². The van der Waals surface area contributed by atoms with Crippen LogP contribution >= 0.6 is 0 Å². The maximum Gasteiger partial charge on any atom is 0.142 e. The Bertz CT molecular complexity index is 561. The third-order valence-corrected chi connectivity index (χ3v) is 3.15. The standard InChI is InChI=1S/C15H21N3O/c1-5-13-12(10-18(3)17-13)9-16-14-7-6-11(2)8-15(14)19-4/h6-8,10,16H,5,9H2,1-4H3. The van der Waals surface area contributed by atoms with Gasteiger partial charge < -0.3 is 10.1 Å². The number of aromatic nitrogens is 2. The van der Waals surface area contributed by atoms with Crippen molar-refractivity contribution in [1.29, 1.82) is 0 Å². The lowest BCUT2D eigenvalue weighted by Gasteiger charge is -2.11. The van der Waals surface area contributed by atoms with Crippen LogP contribution < -0.4 is 10.1 Å². The van der Waals surface area contributed by atoms with Gasteiger partial charge in [0.25, 0.3) is 0 Å². The van der Waals surface area contributed by atoms with E-state index in [4.69, 9.17) is 4.74 Å². The zero-order chi connectivity index (χ0) is 13.8. The predicted octanol–water partition coefficient (Wildman–Crippen LogP) is 2.91. The monoisotopic (exact) mass is 259 g/mol. The lowest BCUT2D eigenvalue weighted by Crippen LogP contribution is -2.02. The zero-order valence-electron chi connectivity index (χ0n) is 12.0. The van der Waals surface area contributed by atoms with E-state index in [1.165, 1.54) is 11.1 Å². The molecule has 0 bridgehead atoms. The second-order valence-electron chi connectivity index (χ2n) is 4.69. The molecule has 0 spiro atoms. The van der Waals surface area contributed by atoms with Gasteiger partial charge in [-0.25, -0.2) is 0 Å². The van der Waals surface area contributed by atoms with Gasteiger partial charge in [-0.1, -0.05) is 13.0 Å². The number of hydrogen-bond donors (Lipinski definition) is 1. The van der Waals surface area contributed by atoms with Gasteiger partial charge in [-0.3, -0.25) is 4.68 Å². The van der Waals surface area contributed by atoms with Crippen LogP contribution in [-0.2, 0) is 20.0 Å². The van der Waals surface area contributed by atoms with Crippen LogP contribution in [0.5, 0.6) is 5.75 Å². The maximum absolute atomic E-state index is 5.39. The lowest BCUT2D eigenvalue weighted by atomic mass is 10.2. The largest absolute Gasteiger partial charge is 0.495 e. The molecule has 0 radical (unpaired) electrons. The van der Waals surface area contributed by atoms with Crippen molar-refractivity contribution in [2.75, 3.05) is 12.4 Å². The molecule has 0 fully saturated rings. The van der Waals surface area contributed by atoms with Crippen molar-refractivity contribution in [2.45, 2.75) is 26.8 Å². The first-order valence-corrected chi connectivity index (χ1v) is 6.54. The minimum Gasteiger partial charge on any atom is -0.495 e. The number of benzene rings is 1. The molecule has 0 atom stereocenters. The van der Waals surface area contributed by atoms with Crippen LogP contribution in [0.3, 0.4) is 0 Å². The van der Waals surface area contributed by atoms with E-state index < -0.39 is 0 Å². The Kier molecular flexibility index (Phi) is 4.10. The Morgan fingerprint density at radius 2 is 2.16 bits per heavy atom. The summed E-state index contributed by atoms with van der Waals surface area (Å²) in [5.41, 5.74) is 4.57. The molecular formula is C15H21N3O. The van der Waals surface area contributed by atoms with Crippen LogP contribution in [0, 0.1) is 6.92 Å². The molecule has 0 aliphatic carbocycles. The van der Waals surface area contributed by atoms with E-state index in [1.807, 2.05) is 17.8 Å². The molecular weight excluding hydrogens is 238 g/mol. The Morgan fingerprint density at radius 3 is 2.84 bits per heavy atom. The number of nitrogens with zero attached hydrogens (tertiary/aromatic N) is 2. The highest BCUT2D eigenvalue weighted by Crippen LogP contribution is 2.26. The third kappa shape index (κ3) is 3.08. The summed E-state index contributed by atoms with van der Waals surface area (Å²) in [6.45, 7) is 4.94. The molecule has 0 aliphatic rings. The number of rotatable bonds is 5. The second-order valence-corrected chi connectivity index (χ2v) is 4.69. The highest BCUT2D eigenvalue weighted by molar-refractivity contribution is 5.57. The van der Waals surface area contributed by atoms with Gasteiger partial charge in [-0.15, -0.1) is 0 Å². The van der Waals surface area contributed by atoms with E-state index in [-0.39, 0.29) is 0 Å². The van der Waals surface area contributed by atoms with E-state index in [1.54, 1.807) is 7.11 Å². The highest BCUT2D eigenvalue weighted by Gasteiger charge is 2.07. The van der Waals surface area contributed by atoms with Crippen molar-refractivity contribution in [3.8, 4) is 5.75 Å². The summed E-state index contributed by atoms with van der Waals surface area (Å²) >= 11 is 0. The summed E-state index contributed by atoms with van der Waals surface area (Å²) in [7, 11) is 3.65. The number of nitrogens with one attached hydrogen (secondary N) is 1. The Labute approximate surface area is 114 Å². The van der Waals surface area contributed by atoms with Gasteiger partial charge in [0.1, 0.15) is 5.75 Å². The van der Waals surface area contributed by atoms with Crippen molar-refractivity contribution >= 4 is 5.69 Å². The Morgan fingerprint density at radius 1 is 1.37 bits per heavy atom. The van der Waals surface area contributed by atoms with Gasteiger partial charge >= 0.3 is 0 Å². The maximum atomic E-state index is 5.39. The van der Waals surface area contributed by atoms with Crippen LogP contribution in [0.4, 0.5) is 5.69 Å². The zero-order valence-corrected chi connectivity index (χ0v) is 12.0. The molecule has 1 N–H and O–H groups in total. The van der Waals surface area contributed by atoms with Crippen LogP contribution in [0.15, 0.2) is 24.4 Å². The molecule has 2 aromatic rings. The van der Waals surface area contributed by atoms with E-state index in [9.17, 15) is 0 Å². The molecule has 0 saturated heterocycles. The second kappa shape index (κ2) is 5.78. The summed E-state index contributed by atoms with van der Waals surface area (Å²) in [5.74, 6) is 0.877. The first kappa shape index (κ1) is 13.5. The van der Waals surface area contributed by atoms with Gasteiger partial charge in [0.15, 0.2) is 0 Å². The molecule has 1 aromatic heterocycles. The van der Waals surface area contributed by atoms with E-state index in [0.717, 1.165) is 30.1 Å². The minimum atomic E-state index is 0.760. The van der Waals surface area contributed by atoms with Crippen molar-refractivity contribution in [2.24, 2.45) is 7.05 Å². The van der Waals surface area contributed by atoms with Crippen LogP contribution in [0.25, 0.3) is 0 Å². The molecule has 102 valence electrons. The molecule has 0 amide bonds. The number of hydrogen-bond acceptors (Lipinski definition) is 3. The fraction of sp³-hybridized carbons (Fsp3) is 0.400. The van der Waals surface area contributed by atoms with Gasteiger partial charge in [-0.05, 0) is 31.0 Å². The molecule has 1 heterocycles. The summed E-state index contributed by atoms with van der Waals surface area (Å²) in [5, 5.41) is 7.86. The first-order valence-electron chi connectivity index (χ1n) is 6.54. The smallest absolute Gasteiger partial charge is 0.142 e. The quantitative estimate of drug-likeness (QED) is 0.897. The number of anilines is 1. The van der Waals surface area contributed by atoms with Gasteiger partial charge in [0.2, 0.25) is 0 Å². The van der Waals surface area contributed by atoms with E-state index in [0.29, 0.717) is 0 Å². The average Bonchev–Trinajstić information content (AvgIpc) is 2.77. The van der Waals surface area contributed by atoms with Gasteiger partial charge in [-0.2, -0.15) is 5.10 Å². The Hall–Kier alpha value is -1.97. The number of aryl methyl sites for hydroxylation is 3. The minimum absolute atomic E-state index is 0.760. The molecule has 19 heavy (non-hydrogen) atoms. The molecule has 0 saturated carbocycles. The Balaban J connectivity index is 2.14. The third-order valence-electron chi connectivity index (χ3n) is 3.15. The van der Waals surface area contributed by atoms with Crippen molar-refractivity contribution in [1.82, 2.24) is 9.78 Å².